The van der Waals surface area contributed by atoms with E-state index >= 15 is 0 Å². The molecule has 31 heavy (non-hydrogen) atoms. The summed E-state index contributed by atoms with van der Waals surface area (Å²) in [5.74, 6) is -0.219. The Morgan fingerprint density at radius 3 is 2.45 bits per heavy atom. The number of hydrogen-bond acceptors (Lipinski definition) is 5. The summed E-state index contributed by atoms with van der Waals surface area (Å²) in [4.78, 5) is 49.9. The van der Waals surface area contributed by atoms with E-state index in [-0.39, 0.29) is 36.5 Å². The second kappa shape index (κ2) is 8.47. The third-order valence-electron chi connectivity index (χ3n) is 5.24. The van der Waals surface area contributed by atoms with E-state index in [0.29, 0.717) is 41.3 Å². The number of carbonyl (C=O) groups is 4. The third kappa shape index (κ3) is 4.20. The molecule has 0 aliphatic carbocycles. The zero-order valence-electron chi connectivity index (χ0n) is 17.0. The van der Waals surface area contributed by atoms with Crippen LogP contribution < -0.4 is 25.4 Å². The van der Waals surface area contributed by atoms with Gasteiger partial charge < -0.3 is 15.0 Å². The smallest absolute Gasteiger partial charge is 0.255 e. The SMILES string of the molecule is COc1cc(NC(=O)c2ccc(N3NC(=O)CCC3=O)cc2)ccc1N1CCCC1=O. The van der Waals surface area contributed by atoms with Crippen molar-refractivity contribution < 1.29 is 23.9 Å². The molecule has 2 heterocycles. The summed E-state index contributed by atoms with van der Waals surface area (Å²) in [6, 6.07) is 11.5. The summed E-state index contributed by atoms with van der Waals surface area (Å²) in [6.07, 6.45) is 1.65. The number of benzene rings is 2. The molecule has 0 atom stereocenters. The number of hydrogen-bond donors (Lipinski definition) is 2. The van der Waals surface area contributed by atoms with Crippen LogP contribution in [0.2, 0.25) is 0 Å². The molecule has 2 aliphatic heterocycles. The molecule has 2 N–H and O–H groups in total. The number of nitrogens with zero attached hydrogens (tertiary/aromatic N) is 2. The Morgan fingerprint density at radius 1 is 1.00 bits per heavy atom. The molecule has 4 rings (SSSR count). The van der Waals surface area contributed by atoms with Crippen molar-refractivity contribution >= 4 is 40.7 Å². The van der Waals surface area contributed by atoms with Gasteiger partial charge in [-0.15, -0.1) is 0 Å². The molecular weight excluding hydrogens is 400 g/mol. The predicted molar refractivity (Wildman–Crippen MR) is 114 cm³/mol. The van der Waals surface area contributed by atoms with E-state index in [9.17, 15) is 19.2 Å². The number of methoxy groups -OCH3 is 1. The maximum absolute atomic E-state index is 12.6. The van der Waals surface area contributed by atoms with Crippen LogP contribution in [0.1, 0.15) is 36.0 Å². The molecule has 2 aromatic rings. The van der Waals surface area contributed by atoms with Crippen molar-refractivity contribution in [2.24, 2.45) is 0 Å². The van der Waals surface area contributed by atoms with Gasteiger partial charge >= 0.3 is 0 Å². The molecule has 160 valence electrons. The Morgan fingerprint density at radius 2 is 1.77 bits per heavy atom. The second-order valence-electron chi connectivity index (χ2n) is 7.30. The molecular formula is C22H22N4O5. The summed E-state index contributed by atoms with van der Waals surface area (Å²) in [5, 5.41) is 4.00. The molecule has 0 bridgehead atoms. The quantitative estimate of drug-likeness (QED) is 0.768. The van der Waals surface area contributed by atoms with Gasteiger partial charge in [0.05, 0.1) is 18.5 Å². The lowest BCUT2D eigenvalue weighted by atomic mass is 10.1. The van der Waals surface area contributed by atoms with Crippen molar-refractivity contribution in [3.63, 3.8) is 0 Å². The summed E-state index contributed by atoms with van der Waals surface area (Å²) >= 11 is 0. The lowest BCUT2D eigenvalue weighted by Crippen LogP contribution is -2.50. The number of amides is 4. The Hall–Kier alpha value is -3.88. The Labute approximate surface area is 178 Å². The summed E-state index contributed by atoms with van der Waals surface area (Å²) in [6.45, 7) is 0.646. The van der Waals surface area contributed by atoms with Crippen LogP contribution in [0, 0.1) is 0 Å². The average molecular weight is 422 g/mol. The molecule has 2 aliphatic rings. The lowest BCUT2D eigenvalue weighted by Gasteiger charge is -2.27. The van der Waals surface area contributed by atoms with E-state index in [1.165, 1.54) is 12.1 Å². The van der Waals surface area contributed by atoms with Crippen LogP contribution in [-0.4, -0.2) is 37.3 Å². The molecule has 2 fully saturated rings. The first-order valence-electron chi connectivity index (χ1n) is 9.98. The highest BCUT2D eigenvalue weighted by atomic mass is 16.5. The molecule has 0 radical (unpaired) electrons. The molecule has 9 nitrogen and oxygen atoms in total. The first kappa shape index (κ1) is 20.4. The molecule has 0 spiro atoms. The number of anilines is 3. The Kier molecular flexibility index (Phi) is 5.57. The zero-order chi connectivity index (χ0) is 22.0. The molecule has 2 saturated heterocycles. The van der Waals surface area contributed by atoms with Crippen molar-refractivity contribution in [3.05, 3.63) is 48.0 Å². The minimum absolute atomic E-state index is 0.0542. The van der Waals surface area contributed by atoms with E-state index in [1.54, 1.807) is 47.4 Å². The largest absolute Gasteiger partial charge is 0.494 e. The van der Waals surface area contributed by atoms with Crippen LogP contribution in [0.15, 0.2) is 42.5 Å². The van der Waals surface area contributed by atoms with E-state index in [4.69, 9.17) is 4.74 Å². The van der Waals surface area contributed by atoms with E-state index in [2.05, 4.69) is 10.7 Å². The molecule has 9 heteroatoms. The Bertz CT molecular complexity index is 1050. The lowest BCUT2D eigenvalue weighted by molar-refractivity contribution is -0.130. The van der Waals surface area contributed by atoms with Gasteiger partial charge in [-0.3, -0.25) is 24.6 Å². The third-order valence-corrected chi connectivity index (χ3v) is 5.24. The van der Waals surface area contributed by atoms with Gasteiger partial charge in [0.25, 0.3) is 5.91 Å². The van der Waals surface area contributed by atoms with Crippen LogP contribution >= 0.6 is 0 Å². The zero-order valence-corrected chi connectivity index (χ0v) is 17.0. The van der Waals surface area contributed by atoms with Crippen molar-refractivity contribution in [2.75, 3.05) is 28.9 Å². The number of rotatable bonds is 5. The molecule has 0 aromatic heterocycles. The van der Waals surface area contributed by atoms with Gasteiger partial charge in [-0.05, 0) is 42.8 Å². The van der Waals surface area contributed by atoms with Gasteiger partial charge in [-0.25, -0.2) is 5.01 Å². The van der Waals surface area contributed by atoms with Crippen molar-refractivity contribution in [1.82, 2.24) is 5.43 Å². The van der Waals surface area contributed by atoms with Gasteiger partial charge in [0, 0.05) is 43.1 Å². The van der Waals surface area contributed by atoms with Crippen molar-refractivity contribution in [1.29, 1.82) is 0 Å². The van der Waals surface area contributed by atoms with E-state index in [1.807, 2.05) is 0 Å². The van der Waals surface area contributed by atoms with Gasteiger partial charge in [0.2, 0.25) is 17.7 Å². The highest BCUT2D eigenvalue weighted by molar-refractivity contribution is 6.06. The highest BCUT2D eigenvalue weighted by Crippen LogP contribution is 2.34. The number of hydrazine groups is 1. The van der Waals surface area contributed by atoms with Crippen LogP contribution in [0.5, 0.6) is 5.75 Å². The minimum atomic E-state index is -0.340. The van der Waals surface area contributed by atoms with Gasteiger partial charge in [0.1, 0.15) is 5.75 Å². The standard InChI is InChI=1S/C22H22N4O5/c1-31-18-13-15(6-9-17(18)25-12-2-3-20(25)28)23-22(30)14-4-7-16(8-5-14)26-21(29)11-10-19(27)24-26/h4-9,13H,2-3,10-12H2,1H3,(H,23,30)(H,24,27). The van der Waals surface area contributed by atoms with Crippen molar-refractivity contribution in [2.45, 2.75) is 25.7 Å². The first-order chi connectivity index (χ1) is 15.0. The number of ether oxygens (including phenoxy) is 1. The topological polar surface area (TPSA) is 108 Å². The Balaban J connectivity index is 1.47. The molecule has 0 unspecified atom stereocenters. The summed E-state index contributed by atoms with van der Waals surface area (Å²) in [7, 11) is 1.52. The van der Waals surface area contributed by atoms with Crippen LogP contribution in [0.25, 0.3) is 0 Å². The van der Waals surface area contributed by atoms with E-state index < -0.39 is 0 Å². The molecule has 0 saturated carbocycles. The minimum Gasteiger partial charge on any atom is -0.494 e. The fourth-order valence-electron chi connectivity index (χ4n) is 3.63. The predicted octanol–water partition coefficient (Wildman–Crippen LogP) is 2.23. The average Bonchev–Trinajstić information content (AvgIpc) is 3.21. The van der Waals surface area contributed by atoms with Crippen LogP contribution in [0.4, 0.5) is 17.1 Å². The fourth-order valence-corrected chi connectivity index (χ4v) is 3.63. The van der Waals surface area contributed by atoms with Gasteiger partial charge in [-0.2, -0.15) is 0 Å². The first-order valence-corrected chi connectivity index (χ1v) is 9.98. The van der Waals surface area contributed by atoms with Gasteiger partial charge in [-0.1, -0.05) is 0 Å². The maximum Gasteiger partial charge on any atom is 0.255 e. The summed E-state index contributed by atoms with van der Waals surface area (Å²) < 4.78 is 5.42. The van der Waals surface area contributed by atoms with Crippen LogP contribution in [-0.2, 0) is 14.4 Å². The maximum atomic E-state index is 12.6. The highest BCUT2D eigenvalue weighted by Gasteiger charge is 2.25. The number of carbonyl (C=O) groups excluding carboxylic acids is 4. The normalized spacial score (nSPS) is 16.4. The summed E-state index contributed by atoms with van der Waals surface area (Å²) in [5.41, 5.74) is 4.59. The monoisotopic (exact) mass is 422 g/mol. The fraction of sp³-hybridized carbons (Fsp3) is 0.273. The molecule has 4 amide bonds. The van der Waals surface area contributed by atoms with Crippen molar-refractivity contribution in [3.8, 4) is 5.75 Å². The van der Waals surface area contributed by atoms with E-state index in [0.717, 1.165) is 6.42 Å². The number of nitrogens with one attached hydrogen (secondary N) is 2. The molecule has 2 aromatic carbocycles. The van der Waals surface area contributed by atoms with Crippen LogP contribution in [0.3, 0.4) is 0 Å². The van der Waals surface area contributed by atoms with Gasteiger partial charge in [0.15, 0.2) is 0 Å². The second-order valence-corrected chi connectivity index (χ2v) is 7.30.